The summed E-state index contributed by atoms with van der Waals surface area (Å²) in [7, 11) is 1.77. The third kappa shape index (κ3) is 4.85. The van der Waals surface area contributed by atoms with Crippen LogP contribution in [0.1, 0.15) is 6.92 Å². The molecular weight excluding hydrogens is 166 g/mol. The van der Waals surface area contributed by atoms with Gasteiger partial charge in [-0.2, -0.15) is 0 Å². The lowest BCUT2D eigenvalue weighted by molar-refractivity contribution is -0.137. The van der Waals surface area contributed by atoms with Gasteiger partial charge in [-0.3, -0.25) is 0 Å². The first-order valence-electron chi connectivity index (χ1n) is 3.94. The first-order valence-corrected chi connectivity index (χ1v) is 3.94. The van der Waals surface area contributed by atoms with Crippen LogP contribution in [0.2, 0.25) is 0 Å². The van der Waals surface area contributed by atoms with E-state index in [1.807, 2.05) is 6.92 Å². The van der Waals surface area contributed by atoms with Gasteiger partial charge >= 0.3 is 5.97 Å². The Hall–Kier alpha value is -1.51. The Labute approximate surface area is 78.8 Å². The molecular formula is C10H15NO2. The fourth-order valence-electron chi connectivity index (χ4n) is 0.620. The Bertz CT molecular complexity index is 241. The molecule has 0 aliphatic rings. The summed E-state index contributed by atoms with van der Waals surface area (Å²) in [4.78, 5) is 11.1. The van der Waals surface area contributed by atoms with E-state index in [-0.39, 0.29) is 6.61 Å². The molecule has 3 nitrogen and oxygen atoms in total. The largest absolute Gasteiger partial charge is 0.458 e. The van der Waals surface area contributed by atoms with Crippen LogP contribution < -0.4 is 5.32 Å². The Balaban J connectivity index is 4.11. The van der Waals surface area contributed by atoms with Gasteiger partial charge in [-0.25, -0.2) is 4.79 Å². The van der Waals surface area contributed by atoms with Crippen molar-refractivity contribution in [3.8, 4) is 0 Å². The van der Waals surface area contributed by atoms with Crippen molar-refractivity contribution >= 4 is 5.97 Å². The third-order valence-electron chi connectivity index (χ3n) is 1.38. The standard InChI is InChI=1S/C10H15NO2/c1-5-6-13-10(12)8(2)7-9(3)11-4/h5,7,11H,1-2,6H2,3-4H3/b9-7-. The van der Waals surface area contributed by atoms with Gasteiger partial charge in [-0.05, 0) is 13.0 Å². The molecule has 0 saturated heterocycles. The monoisotopic (exact) mass is 181 g/mol. The molecule has 3 heteroatoms. The molecule has 0 amide bonds. The van der Waals surface area contributed by atoms with Gasteiger partial charge in [0.15, 0.2) is 0 Å². The maximum Gasteiger partial charge on any atom is 0.337 e. The minimum atomic E-state index is -0.422. The number of allylic oxidation sites excluding steroid dienone is 1. The maximum absolute atomic E-state index is 11.1. The number of hydrogen-bond acceptors (Lipinski definition) is 3. The van der Waals surface area contributed by atoms with E-state index in [1.165, 1.54) is 6.08 Å². The summed E-state index contributed by atoms with van der Waals surface area (Å²) >= 11 is 0. The SMILES string of the molecule is C=CCOC(=O)C(=C)/C=C(/C)NC. The zero-order valence-corrected chi connectivity index (χ0v) is 8.09. The lowest BCUT2D eigenvalue weighted by atomic mass is 10.2. The van der Waals surface area contributed by atoms with Crippen LogP contribution in [0.15, 0.2) is 36.6 Å². The fourth-order valence-corrected chi connectivity index (χ4v) is 0.620. The van der Waals surface area contributed by atoms with Gasteiger partial charge in [-0.1, -0.05) is 19.2 Å². The third-order valence-corrected chi connectivity index (χ3v) is 1.38. The molecule has 0 spiro atoms. The molecule has 0 saturated carbocycles. The van der Waals surface area contributed by atoms with Crippen LogP contribution in [-0.2, 0) is 9.53 Å². The smallest absolute Gasteiger partial charge is 0.337 e. The average Bonchev–Trinajstić information content (AvgIpc) is 2.13. The van der Waals surface area contributed by atoms with Crippen molar-refractivity contribution in [2.24, 2.45) is 0 Å². The highest BCUT2D eigenvalue weighted by atomic mass is 16.5. The van der Waals surface area contributed by atoms with Crippen molar-refractivity contribution < 1.29 is 9.53 Å². The number of nitrogens with one attached hydrogen (secondary N) is 1. The highest BCUT2D eigenvalue weighted by molar-refractivity contribution is 5.90. The van der Waals surface area contributed by atoms with Crippen LogP contribution >= 0.6 is 0 Å². The second kappa shape index (κ2) is 6.06. The zero-order chi connectivity index (χ0) is 10.3. The lowest BCUT2D eigenvalue weighted by Gasteiger charge is -2.02. The normalized spacial score (nSPS) is 10.5. The number of hydrogen-bond donors (Lipinski definition) is 1. The van der Waals surface area contributed by atoms with Crippen LogP contribution in [-0.4, -0.2) is 19.6 Å². The molecule has 72 valence electrons. The first-order chi connectivity index (χ1) is 6.11. The molecule has 0 aromatic heterocycles. The first kappa shape index (κ1) is 11.5. The van der Waals surface area contributed by atoms with Crippen molar-refractivity contribution in [3.05, 3.63) is 36.6 Å². The van der Waals surface area contributed by atoms with Crippen LogP contribution in [0.5, 0.6) is 0 Å². The number of rotatable bonds is 5. The second-order valence-electron chi connectivity index (χ2n) is 2.49. The summed E-state index contributed by atoms with van der Waals surface area (Å²) in [5.41, 5.74) is 1.19. The van der Waals surface area contributed by atoms with E-state index in [1.54, 1.807) is 13.1 Å². The van der Waals surface area contributed by atoms with Crippen molar-refractivity contribution in [2.45, 2.75) is 6.92 Å². The fraction of sp³-hybridized carbons (Fsp3) is 0.300. The van der Waals surface area contributed by atoms with Crippen LogP contribution in [0.25, 0.3) is 0 Å². The quantitative estimate of drug-likeness (QED) is 0.301. The Morgan fingerprint density at radius 1 is 1.62 bits per heavy atom. The minimum Gasteiger partial charge on any atom is -0.458 e. The molecule has 13 heavy (non-hydrogen) atoms. The van der Waals surface area contributed by atoms with Gasteiger partial charge < -0.3 is 10.1 Å². The molecule has 0 atom stereocenters. The summed E-state index contributed by atoms with van der Waals surface area (Å²) in [5, 5.41) is 2.88. The summed E-state index contributed by atoms with van der Waals surface area (Å²) < 4.78 is 4.77. The lowest BCUT2D eigenvalue weighted by Crippen LogP contribution is -2.08. The highest BCUT2D eigenvalue weighted by Crippen LogP contribution is 1.99. The summed E-state index contributed by atoms with van der Waals surface area (Å²) in [6, 6.07) is 0. The summed E-state index contributed by atoms with van der Waals surface area (Å²) in [5.74, 6) is -0.422. The molecule has 1 N–H and O–H groups in total. The van der Waals surface area contributed by atoms with Crippen LogP contribution in [0.4, 0.5) is 0 Å². The predicted octanol–water partition coefficient (Wildman–Crippen LogP) is 1.40. The van der Waals surface area contributed by atoms with Crippen molar-refractivity contribution in [1.29, 1.82) is 0 Å². The van der Waals surface area contributed by atoms with Gasteiger partial charge in [0.2, 0.25) is 0 Å². The van der Waals surface area contributed by atoms with E-state index in [4.69, 9.17) is 4.74 Å². The number of carbonyl (C=O) groups is 1. The van der Waals surface area contributed by atoms with Crippen molar-refractivity contribution in [2.75, 3.05) is 13.7 Å². The van der Waals surface area contributed by atoms with Gasteiger partial charge in [0.05, 0.1) is 5.57 Å². The number of carbonyl (C=O) groups excluding carboxylic acids is 1. The molecule has 0 heterocycles. The Morgan fingerprint density at radius 2 is 2.23 bits per heavy atom. The highest BCUT2D eigenvalue weighted by Gasteiger charge is 2.04. The van der Waals surface area contributed by atoms with Crippen LogP contribution in [0.3, 0.4) is 0 Å². The molecule has 0 radical (unpaired) electrons. The molecule has 0 aliphatic carbocycles. The molecule has 0 bridgehead atoms. The molecule has 0 rings (SSSR count). The minimum absolute atomic E-state index is 0.213. The summed E-state index contributed by atoms with van der Waals surface area (Å²) in [6.07, 6.45) is 3.14. The number of ether oxygens (including phenoxy) is 1. The number of esters is 1. The maximum atomic E-state index is 11.1. The van der Waals surface area contributed by atoms with Gasteiger partial charge in [0, 0.05) is 12.7 Å². The van der Waals surface area contributed by atoms with E-state index < -0.39 is 5.97 Å². The van der Waals surface area contributed by atoms with Gasteiger partial charge in [0.1, 0.15) is 6.61 Å². The molecule has 0 fully saturated rings. The van der Waals surface area contributed by atoms with E-state index in [9.17, 15) is 4.79 Å². The zero-order valence-electron chi connectivity index (χ0n) is 8.09. The topological polar surface area (TPSA) is 38.3 Å². The molecule has 0 aliphatic heterocycles. The van der Waals surface area contributed by atoms with E-state index in [0.29, 0.717) is 5.57 Å². The van der Waals surface area contributed by atoms with Crippen molar-refractivity contribution in [1.82, 2.24) is 5.32 Å². The van der Waals surface area contributed by atoms with E-state index >= 15 is 0 Å². The Morgan fingerprint density at radius 3 is 2.69 bits per heavy atom. The second-order valence-corrected chi connectivity index (χ2v) is 2.49. The van der Waals surface area contributed by atoms with Gasteiger partial charge in [-0.15, -0.1) is 0 Å². The van der Waals surface area contributed by atoms with Crippen molar-refractivity contribution in [3.63, 3.8) is 0 Å². The average molecular weight is 181 g/mol. The summed E-state index contributed by atoms with van der Waals surface area (Å²) in [6.45, 7) is 9.06. The predicted molar refractivity (Wildman–Crippen MR) is 53.1 cm³/mol. The molecule has 0 aromatic rings. The van der Waals surface area contributed by atoms with Gasteiger partial charge in [0.25, 0.3) is 0 Å². The van der Waals surface area contributed by atoms with E-state index in [2.05, 4.69) is 18.5 Å². The molecule has 0 unspecified atom stereocenters. The Kier molecular flexibility index (Phi) is 5.35. The van der Waals surface area contributed by atoms with E-state index in [0.717, 1.165) is 5.70 Å². The molecule has 0 aromatic carbocycles. The van der Waals surface area contributed by atoms with Crippen LogP contribution in [0, 0.1) is 0 Å².